The molecule has 0 unspecified atom stereocenters. The molecule has 0 atom stereocenters. The van der Waals surface area contributed by atoms with Gasteiger partial charge in [-0.3, -0.25) is 9.89 Å². The number of hydrogen-bond donors (Lipinski definition) is 1. The summed E-state index contributed by atoms with van der Waals surface area (Å²) in [5.41, 5.74) is 1.09. The summed E-state index contributed by atoms with van der Waals surface area (Å²) in [6.07, 6.45) is 1.71. The van der Waals surface area contributed by atoms with Crippen molar-refractivity contribution in [1.82, 2.24) is 19.7 Å². The van der Waals surface area contributed by atoms with Crippen molar-refractivity contribution in [2.24, 2.45) is 0 Å². The molecular weight excluding hydrogens is 256 g/mol. The Bertz CT molecular complexity index is 897. The fraction of sp³-hybridized carbons (Fsp3) is 0.143. The van der Waals surface area contributed by atoms with Crippen molar-refractivity contribution in [3.05, 3.63) is 45.2 Å². The van der Waals surface area contributed by atoms with E-state index in [2.05, 4.69) is 16.7 Å². The number of aromatic amines is 1. The second-order valence-electron chi connectivity index (χ2n) is 4.70. The third kappa shape index (κ3) is 1.91. The first kappa shape index (κ1) is 12.3. The lowest BCUT2D eigenvalue weighted by atomic mass is 10.3. The minimum atomic E-state index is -0.241. The monoisotopic (exact) mass is 270 g/mol. The maximum Gasteiger partial charge on any atom is 0.325 e. The van der Waals surface area contributed by atoms with E-state index in [1.54, 1.807) is 17.2 Å². The lowest BCUT2D eigenvalue weighted by molar-refractivity contribution is 0.535. The lowest BCUT2D eigenvalue weighted by Gasteiger charge is -2.00. The zero-order valence-electron chi connectivity index (χ0n) is 11.3. The number of H-pyrrole nitrogens is 1. The lowest BCUT2D eigenvalue weighted by Crippen LogP contribution is -2.35. The van der Waals surface area contributed by atoms with E-state index in [9.17, 15) is 4.79 Å². The molecule has 0 spiro atoms. The molecule has 6 heteroatoms. The van der Waals surface area contributed by atoms with Gasteiger partial charge in [0.05, 0.1) is 10.6 Å². The van der Waals surface area contributed by atoms with Crippen LogP contribution in [-0.4, -0.2) is 33.8 Å². The van der Waals surface area contributed by atoms with Gasteiger partial charge in [0.1, 0.15) is 5.52 Å². The fourth-order valence-electron chi connectivity index (χ4n) is 1.98. The van der Waals surface area contributed by atoms with E-state index in [0.717, 1.165) is 0 Å². The normalized spacial score (nSPS) is 12.2. The maximum atomic E-state index is 12.3. The van der Waals surface area contributed by atoms with Gasteiger partial charge in [0.15, 0.2) is 5.58 Å². The number of para-hydroxylation sites is 2. The summed E-state index contributed by atoms with van der Waals surface area (Å²) in [6, 6.07) is 7.56. The van der Waals surface area contributed by atoms with Crippen molar-refractivity contribution in [2.75, 3.05) is 14.1 Å². The molecule has 6 nitrogen and oxygen atoms in total. The summed E-state index contributed by atoms with van der Waals surface area (Å²) in [5.74, 6) is 0. The zero-order valence-corrected chi connectivity index (χ0v) is 11.3. The molecule has 3 rings (SSSR count). The summed E-state index contributed by atoms with van der Waals surface area (Å²) < 4.78 is 6.84. The summed E-state index contributed by atoms with van der Waals surface area (Å²) in [5, 5.41) is 3.88. The van der Waals surface area contributed by atoms with Gasteiger partial charge in [-0.2, -0.15) is 9.67 Å². The molecule has 0 amide bonds. The highest BCUT2D eigenvalue weighted by Crippen LogP contribution is 2.15. The Balaban J connectivity index is 2.26. The molecule has 0 saturated carbocycles. The van der Waals surface area contributed by atoms with Crippen LogP contribution in [0.3, 0.4) is 0 Å². The Hall–Kier alpha value is -2.76. The summed E-state index contributed by atoms with van der Waals surface area (Å²) >= 11 is 0. The van der Waals surface area contributed by atoms with Crippen LogP contribution in [0.5, 0.6) is 0 Å². The van der Waals surface area contributed by atoms with Crippen LogP contribution in [0.25, 0.3) is 29.9 Å². The van der Waals surface area contributed by atoms with Gasteiger partial charge in [-0.05, 0) is 12.1 Å². The van der Waals surface area contributed by atoms with Crippen molar-refractivity contribution in [3.63, 3.8) is 0 Å². The summed E-state index contributed by atoms with van der Waals surface area (Å²) in [4.78, 5) is 18.4. The number of rotatable bonds is 2. The number of nitrogens with zero attached hydrogens (tertiary/aromatic N) is 3. The fourth-order valence-corrected chi connectivity index (χ4v) is 1.98. The number of hydrogen-bond acceptors (Lipinski definition) is 4. The van der Waals surface area contributed by atoms with Crippen LogP contribution >= 0.6 is 0 Å². The van der Waals surface area contributed by atoms with Crippen molar-refractivity contribution >= 4 is 23.9 Å². The molecule has 0 fully saturated rings. The standard InChI is InChI=1S/C14H14N4O2/c1-9-10(8-17(2)3)13(19)18(16-9)14-15-11-6-4-5-7-12(11)20-14/h4-8,16H,1H2,2-3H3. The van der Waals surface area contributed by atoms with E-state index < -0.39 is 0 Å². The van der Waals surface area contributed by atoms with Crippen LogP contribution in [0.15, 0.2) is 33.5 Å². The van der Waals surface area contributed by atoms with Gasteiger partial charge in [0.25, 0.3) is 5.56 Å². The topological polar surface area (TPSA) is 67.1 Å². The van der Waals surface area contributed by atoms with Crippen LogP contribution in [0.4, 0.5) is 0 Å². The molecule has 0 aliphatic rings. The number of nitrogens with one attached hydrogen (secondary N) is 1. The quantitative estimate of drug-likeness (QED) is 0.712. The molecule has 0 bridgehead atoms. The van der Waals surface area contributed by atoms with Crippen LogP contribution in [-0.2, 0) is 0 Å². The van der Waals surface area contributed by atoms with Crippen molar-refractivity contribution in [3.8, 4) is 6.01 Å². The second kappa shape index (κ2) is 4.41. The van der Waals surface area contributed by atoms with Gasteiger partial charge in [-0.25, -0.2) is 0 Å². The molecule has 0 saturated heterocycles. The average Bonchev–Trinajstić information content (AvgIpc) is 2.94. The molecule has 20 heavy (non-hydrogen) atoms. The van der Waals surface area contributed by atoms with Gasteiger partial charge < -0.3 is 9.32 Å². The minimum Gasteiger partial charge on any atom is -0.422 e. The Labute approximate surface area is 114 Å². The van der Waals surface area contributed by atoms with Gasteiger partial charge in [-0.1, -0.05) is 18.7 Å². The van der Waals surface area contributed by atoms with Crippen molar-refractivity contribution in [2.45, 2.75) is 0 Å². The Kier molecular flexibility index (Phi) is 2.71. The number of fused-ring (bicyclic) bond motifs is 1. The van der Waals surface area contributed by atoms with E-state index in [-0.39, 0.29) is 11.6 Å². The van der Waals surface area contributed by atoms with E-state index >= 15 is 0 Å². The maximum absolute atomic E-state index is 12.3. The van der Waals surface area contributed by atoms with Gasteiger partial charge in [-0.15, -0.1) is 0 Å². The van der Waals surface area contributed by atoms with Crippen LogP contribution in [0.2, 0.25) is 0 Å². The van der Waals surface area contributed by atoms with Crippen LogP contribution in [0.1, 0.15) is 0 Å². The molecule has 2 heterocycles. The predicted molar refractivity (Wildman–Crippen MR) is 76.9 cm³/mol. The molecule has 1 aromatic carbocycles. The predicted octanol–water partition coefficient (Wildman–Crippen LogP) is 0.0167. The van der Waals surface area contributed by atoms with Crippen LogP contribution < -0.4 is 16.1 Å². The van der Waals surface area contributed by atoms with E-state index in [0.29, 0.717) is 21.7 Å². The van der Waals surface area contributed by atoms with Gasteiger partial charge >= 0.3 is 6.01 Å². The largest absolute Gasteiger partial charge is 0.422 e. The van der Waals surface area contributed by atoms with E-state index in [4.69, 9.17) is 4.42 Å². The molecule has 0 radical (unpaired) electrons. The second-order valence-corrected chi connectivity index (χ2v) is 4.70. The molecule has 1 N–H and O–H groups in total. The zero-order chi connectivity index (χ0) is 14.3. The number of benzene rings is 1. The van der Waals surface area contributed by atoms with Crippen molar-refractivity contribution < 1.29 is 4.42 Å². The highest BCUT2D eigenvalue weighted by molar-refractivity contribution is 5.73. The molecule has 0 aliphatic carbocycles. The molecular formula is C14H14N4O2. The minimum absolute atomic E-state index is 0.208. The Morgan fingerprint density at radius 3 is 2.85 bits per heavy atom. The molecule has 3 aromatic rings. The summed E-state index contributed by atoms with van der Waals surface area (Å²) in [6.45, 7) is 3.83. The SMILES string of the molecule is C=c1[nH]n(-c2nc3ccccc3o2)c(=O)c1=CN(C)C. The smallest absolute Gasteiger partial charge is 0.325 e. The Morgan fingerprint density at radius 1 is 1.40 bits per heavy atom. The summed E-state index contributed by atoms with van der Waals surface area (Å²) in [7, 11) is 3.69. The first-order valence-electron chi connectivity index (χ1n) is 6.10. The number of aromatic nitrogens is 3. The third-order valence-electron chi connectivity index (χ3n) is 2.87. The van der Waals surface area contributed by atoms with Crippen LogP contribution in [0, 0.1) is 0 Å². The van der Waals surface area contributed by atoms with Gasteiger partial charge in [0, 0.05) is 20.3 Å². The molecule has 102 valence electrons. The molecule has 2 aromatic heterocycles. The number of oxazole rings is 1. The highest BCUT2D eigenvalue weighted by atomic mass is 16.4. The first-order chi connectivity index (χ1) is 9.56. The first-order valence-corrected chi connectivity index (χ1v) is 6.10. The van der Waals surface area contributed by atoms with Crippen molar-refractivity contribution in [1.29, 1.82) is 0 Å². The molecule has 0 aliphatic heterocycles. The third-order valence-corrected chi connectivity index (χ3v) is 2.87. The van der Waals surface area contributed by atoms with Gasteiger partial charge in [0.2, 0.25) is 0 Å². The average molecular weight is 270 g/mol. The van der Waals surface area contributed by atoms with E-state index in [1.807, 2.05) is 32.3 Å². The highest BCUT2D eigenvalue weighted by Gasteiger charge is 2.11. The Morgan fingerprint density at radius 2 is 2.15 bits per heavy atom. The van der Waals surface area contributed by atoms with E-state index in [1.165, 1.54) is 4.68 Å².